The molecule has 0 radical (unpaired) electrons. The second-order valence-corrected chi connectivity index (χ2v) is 8.75. The summed E-state index contributed by atoms with van der Waals surface area (Å²) in [6, 6.07) is 14.9. The summed E-state index contributed by atoms with van der Waals surface area (Å²) in [6.07, 6.45) is -0.789. The van der Waals surface area contributed by atoms with Gasteiger partial charge in [0, 0.05) is 13.0 Å². The lowest BCUT2D eigenvalue weighted by Gasteiger charge is -2.30. The number of carbonyl (C=O) groups excluding carboxylic acids is 2. The number of aliphatic carboxylic acids is 1. The van der Waals surface area contributed by atoms with Crippen LogP contribution in [-0.4, -0.2) is 55.0 Å². The van der Waals surface area contributed by atoms with Crippen molar-refractivity contribution in [3.63, 3.8) is 0 Å². The lowest BCUT2D eigenvalue weighted by Crippen LogP contribution is -2.62. The SMILES string of the molecule is COCC(C)(NC(=O)OCC1c2ccccc2-c2ccccc21)C(=O)N[C@H](C(=O)O)C(C)C. The zero-order valence-electron chi connectivity index (χ0n) is 19.3. The summed E-state index contributed by atoms with van der Waals surface area (Å²) in [4.78, 5) is 37.0. The van der Waals surface area contributed by atoms with Gasteiger partial charge in [-0.2, -0.15) is 0 Å². The van der Waals surface area contributed by atoms with Gasteiger partial charge in [0.25, 0.3) is 0 Å². The van der Waals surface area contributed by atoms with E-state index in [1.807, 2.05) is 48.5 Å². The molecule has 0 saturated heterocycles. The molecule has 1 aliphatic carbocycles. The molecule has 0 heterocycles. The molecule has 0 bridgehead atoms. The fourth-order valence-electron chi connectivity index (χ4n) is 4.12. The van der Waals surface area contributed by atoms with E-state index in [2.05, 4.69) is 10.6 Å². The summed E-state index contributed by atoms with van der Waals surface area (Å²) in [5, 5.41) is 14.4. The van der Waals surface area contributed by atoms with E-state index in [0.717, 1.165) is 22.3 Å². The number of amides is 2. The molecule has 0 saturated carbocycles. The summed E-state index contributed by atoms with van der Waals surface area (Å²) < 4.78 is 10.7. The zero-order valence-corrected chi connectivity index (χ0v) is 19.3. The third-order valence-corrected chi connectivity index (χ3v) is 5.88. The summed E-state index contributed by atoms with van der Waals surface area (Å²) in [5.74, 6) is -2.28. The molecule has 2 amide bonds. The summed E-state index contributed by atoms with van der Waals surface area (Å²) in [6.45, 7) is 4.77. The summed E-state index contributed by atoms with van der Waals surface area (Å²) in [5.41, 5.74) is 2.85. The number of benzene rings is 2. The average molecular weight is 455 g/mol. The predicted molar refractivity (Wildman–Crippen MR) is 123 cm³/mol. The maximum absolute atomic E-state index is 12.9. The molecule has 1 unspecified atom stereocenters. The Morgan fingerprint density at radius 2 is 1.58 bits per heavy atom. The van der Waals surface area contributed by atoms with Crippen LogP contribution in [0.25, 0.3) is 11.1 Å². The Labute approximate surface area is 193 Å². The van der Waals surface area contributed by atoms with Crippen LogP contribution in [0.15, 0.2) is 48.5 Å². The van der Waals surface area contributed by atoms with Gasteiger partial charge in [-0.1, -0.05) is 62.4 Å². The van der Waals surface area contributed by atoms with Crippen LogP contribution in [0.4, 0.5) is 4.79 Å². The molecule has 0 fully saturated rings. The molecule has 8 heteroatoms. The molecule has 33 heavy (non-hydrogen) atoms. The minimum atomic E-state index is -1.51. The van der Waals surface area contributed by atoms with Gasteiger partial charge in [-0.05, 0) is 35.1 Å². The number of rotatable bonds is 9. The van der Waals surface area contributed by atoms with Crippen molar-refractivity contribution in [3.8, 4) is 11.1 Å². The number of hydrogen-bond acceptors (Lipinski definition) is 5. The van der Waals surface area contributed by atoms with E-state index in [-0.39, 0.29) is 25.0 Å². The number of ether oxygens (including phenoxy) is 2. The van der Waals surface area contributed by atoms with Crippen molar-refractivity contribution in [2.45, 2.75) is 38.3 Å². The first kappa shape index (κ1) is 24.3. The van der Waals surface area contributed by atoms with E-state index in [4.69, 9.17) is 9.47 Å². The number of alkyl carbamates (subject to hydrolysis) is 1. The van der Waals surface area contributed by atoms with Gasteiger partial charge >= 0.3 is 12.1 Å². The Bertz CT molecular complexity index is 992. The van der Waals surface area contributed by atoms with Crippen LogP contribution in [0, 0.1) is 5.92 Å². The van der Waals surface area contributed by atoms with Crippen LogP contribution < -0.4 is 10.6 Å². The number of carbonyl (C=O) groups is 3. The second-order valence-electron chi connectivity index (χ2n) is 8.75. The van der Waals surface area contributed by atoms with Gasteiger partial charge in [0.05, 0.1) is 6.61 Å². The summed E-state index contributed by atoms with van der Waals surface area (Å²) >= 11 is 0. The standard InChI is InChI=1S/C25H30N2O6/c1-15(2)21(22(28)29)26-23(30)25(3,14-32-4)27-24(31)33-13-20-18-11-7-5-9-16(18)17-10-6-8-12-19(17)20/h5-12,15,20-21H,13-14H2,1-4H3,(H,26,30)(H,27,31)(H,28,29)/t21-,25?/m0/s1. The third-order valence-electron chi connectivity index (χ3n) is 5.88. The van der Waals surface area contributed by atoms with Crippen molar-refractivity contribution in [2.75, 3.05) is 20.3 Å². The van der Waals surface area contributed by atoms with Crippen molar-refractivity contribution >= 4 is 18.0 Å². The fourth-order valence-corrected chi connectivity index (χ4v) is 4.12. The largest absolute Gasteiger partial charge is 0.480 e. The number of carboxylic acids is 1. The van der Waals surface area contributed by atoms with E-state index in [1.54, 1.807) is 13.8 Å². The third kappa shape index (κ3) is 5.17. The van der Waals surface area contributed by atoms with Gasteiger partial charge in [-0.15, -0.1) is 0 Å². The van der Waals surface area contributed by atoms with Gasteiger partial charge in [0.15, 0.2) is 0 Å². The normalized spacial score (nSPS) is 15.2. The van der Waals surface area contributed by atoms with Crippen LogP contribution in [0.1, 0.15) is 37.8 Å². The molecule has 3 rings (SSSR count). The smallest absolute Gasteiger partial charge is 0.408 e. The van der Waals surface area contributed by atoms with Crippen molar-refractivity contribution in [1.29, 1.82) is 0 Å². The van der Waals surface area contributed by atoms with E-state index in [9.17, 15) is 19.5 Å². The maximum Gasteiger partial charge on any atom is 0.408 e. The minimum Gasteiger partial charge on any atom is -0.480 e. The average Bonchev–Trinajstić information content (AvgIpc) is 3.09. The molecule has 0 spiro atoms. The van der Waals surface area contributed by atoms with Crippen molar-refractivity contribution in [3.05, 3.63) is 59.7 Å². The molecule has 0 aliphatic heterocycles. The Balaban J connectivity index is 1.71. The van der Waals surface area contributed by atoms with E-state index >= 15 is 0 Å². The van der Waals surface area contributed by atoms with Crippen LogP contribution in [0.3, 0.4) is 0 Å². The molecular formula is C25H30N2O6. The molecule has 3 N–H and O–H groups in total. The van der Waals surface area contributed by atoms with Crippen molar-refractivity contribution in [2.24, 2.45) is 5.92 Å². The number of fused-ring (bicyclic) bond motifs is 3. The number of carboxylic acid groups (broad SMARTS) is 1. The lowest BCUT2D eigenvalue weighted by atomic mass is 9.98. The predicted octanol–water partition coefficient (Wildman–Crippen LogP) is 3.16. The molecular weight excluding hydrogens is 424 g/mol. The van der Waals surface area contributed by atoms with E-state index < -0.39 is 29.6 Å². The molecule has 2 aromatic carbocycles. The Hall–Kier alpha value is -3.39. The number of nitrogens with one attached hydrogen (secondary N) is 2. The number of methoxy groups -OCH3 is 1. The Morgan fingerprint density at radius 3 is 2.06 bits per heavy atom. The topological polar surface area (TPSA) is 114 Å². The highest BCUT2D eigenvalue weighted by Gasteiger charge is 2.39. The minimum absolute atomic E-state index is 0.0916. The molecule has 1 aliphatic rings. The van der Waals surface area contributed by atoms with Gasteiger partial charge < -0.3 is 25.2 Å². The molecule has 8 nitrogen and oxygen atoms in total. The van der Waals surface area contributed by atoms with Gasteiger partial charge in [-0.3, -0.25) is 4.79 Å². The lowest BCUT2D eigenvalue weighted by molar-refractivity contribution is -0.144. The highest BCUT2D eigenvalue weighted by molar-refractivity contribution is 5.92. The van der Waals surface area contributed by atoms with Crippen LogP contribution in [0.5, 0.6) is 0 Å². The monoisotopic (exact) mass is 454 g/mol. The first-order valence-electron chi connectivity index (χ1n) is 10.8. The quantitative estimate of drug-likeness (QED) is 0.536. The fraction of sp³-hybridized carbons (Fsp3) is 0.400. The zero-order chi connectivity index (χ0) is 24.2. The first-order chi connectivity index (χ1) is 15.7. The molecule has 0 aromatic heterocycles. The molecule has 176 valence electrons. The van der Waals surface area contributed by atoms with Gasteiger partial charge in [-0.25, -0.2) is 9.59 Å². The van der Waals surface area contributed by atoms with Crippen LogP contribution in [0.2, 0.25) is 0 Å². The Kier molecular flexibility index (Phi) is 7.38. The van der Waals surface area contributed by atoms with Crippen LogP contribution in [-0.2, 0) is 19.1 Å². The van der Waals surface area contributed by atoms with Crippen LogP contribution >= 0.6 is 0 Å². The molecule has 2 atom stereocenters. The number of hydrogen-bond donors (Lipinski definition) is 3. The van der Waals surface area contributed by atoms with Crippen molar-refractivity contribution in [1.82, 2.24) is 10.6 Å². The van der Waals surface area contributed by atoms with Gasteiger partial charge in [0.1, 0.15) is 18.2 Å². The van der Waals surface area contributed by atoms with E-state index in [1.165, 1.54) is 14.0 Å². The highest BCUT2D eigenvalue weighted by Crippen LogP contribution is 2.44. The summed E-state index contributed by atoms with van der Waals surface area (Å²) in [7, 11) is 1.39. The van der Waals surface area contributed by atoms with Crippen molar-refractivity contribution < 1.29 is 29.0 Å². The maximum atomic E-state index is 12.9. The first-order valence-corrected chi connectivity index (χ1v) is 10.8. The Morgan fingerprint density at radius 1 is 1.03 bits per heavy atom. The van der Waals surface area contributed by atoms with E-state index in [0.29, 0.717) is 0 Å². The van der Waals surface area contributed by atoms with Gasteiger partial charge in [0.2, 0.25) is 5.91 Å². The second kappa shape index (κ2) is 10.0. The molecule has 2 aromatic rings. The highest BCUT2D eigenvalue weighted by atomic mass is 16.5.